The van der Waals surface area contributed by atoms with Crippen LogP contribution in [-0.2, 0) is 4.74 Å². The van der Waals surface area contributed by atoms with Gasteiger partial charge in [0.25, 0.3) is 0 Å². The van der Waals surface area contributed by atoms with E-state index >= 15 is 0 Å². The van der Waals surface area contributed by atoms with Gasteiger partial charge in [-0.2, -0.15) is 0 Å². The lowest BCUT2D eigenvalue weighted by Crippen LogP contribution is -2.22. The van der Waals surface area contributed by atoms with Gasteiger partial charge in [-0.15, -0.1) is 9.24 Å². The normalized spacial score (nSPS) is 14.8. The molecule has 0 saturated carbocycles. The Balaban J connectivity index is 4.21. The van der Waals surface area contributed by atoms with Gasteiger partial charge in [-0.25, -0.2) is 0 Å². The van der Waals surface area contributed by atoms with Crippen molar-refractivity contribution in [2.24, 2.45) is 0 Å². The highest BCUT2D eigenvalue weighted by Gasteiger charge is 2.07. The van der Waals surface area contributed by atoms with Crippen LogP contribution in [0.25, 0.3) is 0 Å². The minimum Gasteiger partial charge on any atom is -0.379 e. The molecule has 0 N–H and O–H groups in total. The van der Waals surface area contributed by atoms with Gasteiger partial charge in [0, 0.05) is 26.9 Å². The zero-order valence-electron chi connectivity index (χ0n) is 7.79. The molecule has 0 heterocycles. The predicted molar refractivity (Wildman–Crippen MR) is 52.8 cm³/mol. The molecule has 11 heavy (non-hydrogen) atoms. The first-order valence-corrected chi connectivity index (χ1v) is 4.55. The van der Waals surface area contributed by atoms with Crippen LogP contribution in [0.2, 0.25) is 0 Å². The number of methoxy groups -OCH3 is 1. The maximum Gasteiger partial charge on any atom is 0.0936 e. The lowest BCUT2D eigenvalue weighted by Gasteiger charge is -2.22. The fraction of sp³-hybridized carbons (Fsp3) is 0.750. The Morgan fingerprint density at radius 2 is 2.18 bits per heavy atom. The van der Waals surface area contributed by atoms with E-state index in [9.17, 15) is 0 Å². The number of ether oxygens (including phenoxy) is 1. The molecule has 0 saturated heterocycles. The Kier molecular flexibility index (Phi) is 5.53. The molecule has 0 aromatic rings. The monoisotopic (exact) mass is 175 g/mol. The summed E-state index contributed by atoms with van der Waals surface area (Å²) in [5, 5.41) is 0. The predicted octanol–water partition coefficient (Wildman–Crippen LogP) is 1.34. The molecule has 2 nitrogen and oxygen atoms in total. The van der Waals surface area contributed by atoms with Crippen molar-refractivity contribution in [3.05, 3.63) is 11.8 Å². The van der Waals surface area contributed by atoms with Crippen molar-refractivity contribution in [3.8, 4) is 0 Å². The molecular formula is C8H18NOP. The molecule has 0 aliphatic rings. The van der Waals surface area contributed by atoms with Crippen molar-refractivity contribution in [1.82, 2.24) is 4.90 Å². The van der Waals surface area contributed by atoms with Crippen molar-refractivity contribution in [1.29, 1.82) is 0 Å². The maximum atomic E-state index is 5.21. The molecule has 0 aromatic carbocycles. The Morgan fingerprint density at radius 3 is 2.45 bits per heavy atom. The van der Waals surface area contributed by atoms with E-state index in [2.05, 4.69) is 20.2 Å². The Labute approximate surface area is 71.8 Å². The highest BCUT2D eigenvalue weighted by Crippen LogP contribution is 2.08. The van der Waals surface area contributed by atoms with Crippen LogP contribution in [0.15, 0.2) is 11.8 Å². The average molecular weight is 175 g/mol. The van der Waals surface area contributed by atoms with E-state index < -0.39 is 0 Å². The first kappa shape index (κ1) is 10.9. The lowest BCUT2D eigenvalue weighted by molar-refractivity contribution is 0.126. The van der Waals surface area contributed by atoms with Crippen LogP contribution in [0.4, 0.5) is 0 Å². The van der Waals surface area contributed by atoms with Crippen molar-refractivity contribution < 1.29 is 4.74 Å². The maximum absolute atomic E-state index is 5.21. The molecule has 0 aliphatic carbocycles. The number of hydrogen-bond acceptors (Lipinski definition) is 2. The van der Waals surface area contributed by atoms with Crippen LogP contribution in [0.3, 0.4) is 0 Å². The van der Waals surface area contributed by atoms with Crippen LogP contribution >= 0.6 is 9.24 Å². The number of likely N-dealkylation sites (N-methyl/N-ethyl adjacent to an activating group) is 1. The van der Waals surface area contributed by atoms with Gasteiger partial charge in [-0.1, -0.05) is 6.08 Å². The molecule has 0 rings (SSSR count). The summed E-state index contributed by atoms with van der Waals surface area (Å²) < 4.78 is 5.21. The van der Waals surface area contributed by atoms with Crippen molar-refractivity contribution in [3.63, 3.8) is 0 Å². The summed E-state index contributed by atoms with van der Waals surface area (Å²) in [5.74, 6) is 0. The number of nitrogens with zero attached hydrogens (tertiary/aromatic N) is 1. The fourth-order valence-electron chi connectivity index (χ4n) is 0.954. The summed E-state index contributed by atoms with van der Waals surface area (Å²) in [4.78, 5) is 2.08. The van der Waals surface area contributed by atoms with Crippen molar-refractivity contribution >= 4 is 9.24 Å². The van der Waals surface area contributed by atoms with Crippen LogP contribution in [0.5, 0.6) is 0 Å². The number of hydrogen-bond donors (Lipinski definition) is 0. The SMILES string of the molecule is CO[C@H](C)/C(=C/CP)N(C)C. The number of allylic oxidation sites excluding steroid dienone is 1. The summed E-state index contributed by atoms with van der Waals surface area (Å²) in [6.07, 6.45) is 3.31. The highest BCUT2D eigenvalue weighted by molar-refractivity contribution is 7.16. The molecule has 0 amide bonds. The summed E-state index contributed by atoms with van der Waals surface area (Å²) in [5.41, 5.74) is 1.22. The first-order valence-electron chi connectivity index (χ1n) is 3.73. The van der Waals surface area contributed by atoms with Gasteiger partial charge in [0.2, 0.25) is 0 Å². The largest absolute Gasteiger partial charge is 0.379 e. The third-order valence-electron chi connectivity index (χ3n) is 1.61. The van der Waals surface area contributed by atoms with E-state index in [4.69, 9.17) is 4.74 Å². The summed E-state index contributed by atoms with van der Waals surface area (Å²) in [6.45, 7) is 2.05. The molecule has 0 bridgehead atoms. The Morgan fingerprint density at radius 1 is 1.64 bits per heavy atom. The van der Waals surface area contributed by atoms with Gasteiger partial charge < -0.3 is 9.64 Å². The second-order valence-electron chi connectivity index (χ2n) is 2.64. The van der Waals surface area contributed by atoms with Crippen LogP contribution in [-0.4, -0.2) is 38.4 Å². The van der Waals surface area contributed by atoms with Crippen molar-refractivity contribution in [2.75, 3.05) is 27.4 Å². The fourth-order valence-corrected chi connectivity index (χ4v) is 1.20. The molecule has 0 spiro atoms. The lowest BCUT2D eigenvalue weighted by atomic mass is 10.2. The molecule has 0 radical (unpaired) electrons. The second kappa shape index (κ2) is 5.56. The minimum atomic E-state index is 0.186. The van der Waals surface area contributed by atoms with Gasteiger partial charge in [0.1, 0.15) is 0 Å². The third-order valence-corrected chi connectivity index (χ3v) is 1.85. The number of rotatable bonds is 4. The summed E-state index contributed by atoms with van der Waals surface area (Å²) in [6, 6.07) is 0. The topological polar surface area (TPSA) is 12.5 Å². The smallest absolute Gasteiger partial charge is 0.0936 e. The van der Waals surface area contributed by atoms with E-state index in [-0.39, 0.29) is 6.10 Å². The van der Waals surface area contributed by atoms with Crippen LogP contribution in [0, 0.1) is 0 Å². The molecule has 0 aromatic heterocycles. The highest BCUT2D eigenvalue weighted by atomic mass is 31.0. The van der Waals surface area contributed by atoms with Crippen molar-refractivity contribution in [2.45, 2.75) is 13.0 Å². The zero-order valence-corrected chi connectivity index (χ0v) is 8.95. The van der Waals surface area contributed by atoms with E-state index in [1.165, 1.54) is 5.70 Å². The molecule has 1 unspecified atom stereocenters. The molecule has 3 heteroatoms. The Hall–Kier alpha value is -0.0700. The van der Waals surface area contributed by atoms with Gasteiger partial charge in [0.05, 0.1) is 6.10 Å². The van der Waals surface area contributed by atoms with Gasteiger partial charge >= 0.3 is 0 Å². The summed E-state index contributed by atoms with van der Waals surface area (Å²) >= 11 is 0. The van der Waals surface area contributed by atoms with Gasteiger partial charge in [-0.05, 0) is 13.1 Å². The molecule has 0 fully saturated rings. The minimum absolute atomic E-state index is 0.186. The van der Waals surface area contributed by atoms with Gasteiger partial charge in [-0.3, -0.25) is 0 Å². The van der Waals surface area contributed by atoms with Gasteiger partial charge in [0.15, 0.2) is 0 Å². The zero-order chi connectivity index (χ0) is 8.85. The van der Waals surface area contributed by atoms with E-state index in [0.29, 0.717) is 0 Å². The second-order valence-corrected chi connectivity index (χ2v) is 3.11. The average Bonchev–Trinajstić information content (AvgIpc) is 1.98. The Bertz CT molecular complexity index is 134. The molecule has 66 valence electrons. The van der Waals surface area contributed by atoms with Crippen LogP contribution < -0.4 is 0 Å². The molecular weight excluding hydrogens is 157 g/mol. The summed E-state index contributed by atoms with van der Waals surface area (Å²) in [7, 11) is 8.46. The quantitative estimate of drug-likeness (QED) is 0.598. The first-order chi connectivity index (χ1) is 5.13. The van der Waals surface area contributed by atoms with E-state index in [0.717, 1.165) is 6.16 Å². The molecule has 2 atom stereocenters. The van der Waals surface area contributed by atoms with Crippen LogP contribution in [0.1, 0.15) is 6.92 Å². The van der Waals surface area contributed by atoms with E-state index in [1.807, 2.05) is 21.0 Å². The molecule has 0 aliphatic heterocycles. The third kappa shape index (κ3) is 3.74. The standard InChI is InChI=1S/C8H18NOP/c1-7(10-4)8(5-6-11)9(2)3/h5,7H,6,11H2,1-4H3/b8-5-/t7-/m1/s1. The van der Waals surface area contributed by atoms with E-state index in [1.54, 1.807) is 7.11 Å².